The fourth-order valence-electron chi connectivity index (χ4n) is 2.27. The molecule has 1 unspecified atom stereocenters. The Morgan fingerprint density at radius 2 is 2.28 bits per heavy atom. The number of benzene rings is 1. The van der Waals surface area contributed by atoms with Crippen LogP contribution in [0.25, 0.3) is 0 Å². The number of aliphatic hydroxyl groups is 1. The summed E-state index contributed by atoms with van der Waals surface area (Å²) in [5.41, 5.74) is 1.65. The van der Waals surface area contributed by atoms with E-state index in [0.29, 0.717) is 26.2 Å². The van der Waals surface area contributed by atoms with Gasteiger partial charge in [0.05, 0.1) is 25.9 Å². The zero-order chi connectivity index (χ0) is 13.0. The van der Waals surface area contributed by atoms with Gasteiger partial charge in [-0.3, -0.25) is 4.79 Å². The normalized spacial score (nSPS) is 19.9. The van der Waals surface area contributed by atoms with Gasteiger partial charge in [-0.15, -0.1) is 0 Å². The van der Waals surface area contributed by atoms with Crippen LogP contribution in [0.3, 0.4) is 0 Å². The van der Waals surface area contributed by atoms with Gasteiger partial charge in [-0.1, -0.05) is 19.1 Å². The molecular weight excluding hydrogens is 230 g/mol. The van der Waals surface area contributed by atoms with E-state index in [0.717, 1.165) is 11.3 Å². The largest absolute Gasteiger partial charge is 0.394 e. The zero-order valence-electron chi connectivity index (χ0n) is 10.6. The summed E-state index contributed by atoms with van der Waals surface area (Å²) in [6.45, 7) is 3.74. The van der Waals surface area contributed by atoms with Gasteiger partial charge in [0.15, 0.2) is 5.78 Å². The molecule has 1 aliphatic rings. The molecule has 0 radical (unpaired) electrons. The number of Topliss-reactive ketones (excluding diaryl/α,β-unsaturated/α-hetero) is 1. The number of aliphatic hydroxyl groups excluding tert-OH is 1. The van der Waals surface area contributed by atoms with Crippen LogP contribution in [-0.4, -0.2) is 43.3 Å². The molecule has 1 saturated heterocycles. The van der Waals surface area contributed by atoms with Gasteiger partial charge in [0.1, 0.15) is 0 Å². The minimum absolute atomic E-state index is 0.0364. The molecule has 1 fully saturated rings. The molecule has 1 aromatic rings. The van der Waals surface area contributed by atoms with Gasteiger partial charge in [-0.05, 0) is 12.1 Å². The third kappa shape index (κ3) is 2.54. The van der Waals surface area contributed by atoms with Crippen molar-refractivity contribution in [2.24, 2.45) is 0 Å². The number of carbonyl (C=O) groups excluding carboxylic acids is 1. The molecule has 1 atom stereocenters. The highest BCUT2D eigenvalue weighted by Crippen LogP contribution is 2.25. The number of carbonyl (C=O) groups is 1. The quantitative estimate of drug-likeness (QED) is 0.821. The van der Waals surface area contributed by atoms with Gasteiger partial charge in [0.25, 0.3) is 0 Å². The predicted octanol–water partition coefficient (Wildman–Crippen LogP) is 1.48. The molecule has 0 saturated carbocycles. The molecule has 0 bridgehead atoms. The molecule has 1 heterocycles. The summed E-state index contributed by atoms with van der Waals surface area (Å²) in [4.78, 5) is 14.0. The van der Waals surface area contributed by atoms with Crippen molar-refractivity contribution in [2.45, 2.75) is 19.4 Å². The van der Waals surface area contributed by atoms with Gasteiger partial charge in [-0.2, -0.15) is 0 Å². The molecule has 1 aromatic carbocycles. The second-order valence-corrected chi connectivity index (χ2v) is 4.40. The number of para-hydroxylation sites is 1. The van der Waals surface area contributed by atoms with Crippen molar-refractivity contribution in [3.8, 4) is 0 Å². The van der Waals surface area contributed by atoms with Gasteiger partial charge in [0.2, 0.25) is 0 Å². The second kappa shape index (κ2) is 5.98. The average Bonchev–Trinajstić information content (AvgIpc) is 2.46. The summed E-state index contributed by atoms with van der Waals surface area (Å²) in [5, 5.41) is 9.40. The summed E-state index contributed by atoms with van der Waals surface area (Å²) in [7, 11) is 0. The summed E-state index contributed by atoms with van der Waals surface area (Å²) in [6.07, 6.45) is 0.491. The third-order valence-electron chi connectivity index (χ3n) is 3.27. The van der Waals surface area contributed by atoms with Crippen LogP contribution in [-0.2, 0) is 4.74 Å². The third-order valence-corrected chi connectivity index (χ3v) is 3.27. The topological polar surface area (TPSA) is 49.8 Å². The standard InChI is InChI=1S/C14H19NO3/c1-2-14(17)12-5-3-4-6-13(12)15-7-8-18-10-11(15)9-16/h3-6,11,16H,2,7-10H2,1H3. The molecular formula is C14H19NO3. The summed E-state index contributed by atoms with van der Waals surface area (Å²) >= 11 is 0. The molecule has 0 aromatic heterocycles. The lowest BCUT2D eigenvalue weighted by Gasteiger charge is -2.37. The Labute approximate surface area is 107 Å². The monoisotopic (exact) mass is 249 g/mol. The first-order valence-corrected chi connectivity index (χ1v) is 6.35. The number of anilines is 1. The maximum Gasteiger partial charge on any atom is 0.164 e. The van der Waals surface area contributed by atoms with Gasteiger partial charge >= 0.3 is 0 Å². The van der Waals surface area contributed by atoms with Crippen molar-refractivity contribution in [1.82, 2.24) is 0 Å². The van der Waals surface area contributed by atoms with Crippen LogP contribution in [0.1, 0.15) is 23.7 Å². The lowest BCUT2D eigenvalue weighted by molar-refractivity contribution is 0.0724. The summed E-state index contributed by atoms with van der Waals surface area (Å²) < 4.78 is 5.36. The SMILES string of the molecule is CCC(=O)c1ccccc1N1CCOCC1CO. The minimum Gasteiger partial charge on any atom is -0.394 e. The Kier molecular flexibility index (Phi) is 4.33. The van der Waals surface area contributed by atoms with E-state index in [4.69, 9.17) is 4.74 Å². The smallest absolute Gasteiger partial charge is 0.164 e. The lowest BCUT2D eigenvalue weighted by atomic mass is 10.0. The molecule has 4 heteroatoms. The Morgan fingerprint density at radius 1 is 1.50 bits per heavy atom. The molecule has 2 rings (SSSR count). The molecule has 98 valence electrons. The Bertz CT molecular complexity index is 419. The highest BCUT2D eigenvalue weighted by atomic mass is 16.5. The van der Waals surface area contributed by atoms with E-state index >= 15 is 0 Å². The molecule has 1 N–H and O–H groups in total. The maximum absolute atomic E-state index is 12.0. The molecule has 1 aliphatic heterocycles. The van der Waals surface area contributed by atoms with Crippen LogP contribution >= 0.6 is 0 Å². The first-order valence-electron chi connectivity index (χ1n) is 6.35. The van der Waals surface area contributed by atoms with Crippen molar-refractivity contribution in [3.63, 3.8) is 0 Å². The van der Waals surface area contributed by atoms with E-state index in [-0.39, 0.29) is 18.4 Å². The van der Waals surface area contributed by atoms with Gasteiger partial charge in [-0.25, -0.2) is 0 Å². The van der Waals surface area contributed by atoms with E-state index in [9.17, 15) is 9.90 Å². The van der Waals surface area contributed by atoms with E-state index < -0.39 is 0 Å². The fraction of sp³-hybridized carbons (Fsp3) is 0.500. The molecule has 0 aliphatic carbocycles. The van der Waals surface area contributed by atoms with Gasteiger partial charge < -0.3 is 14.7 Å². The zero-order valence-corrected chi connectivity index (χ0v) is 10.6. The van der Waals surface area contributed by atoms with Crippen LogP contribution in [0.5, 0.6) is 0 Å². The fourth-order valence-corrected chi connectivity index (χ4v) is 2.27. The number of nitrogens with zero attached hydrogens (tertiary/aromatic N) is 1. The van der Waals surface area contributed by atoms with Crippen LogP contribution in [0.2, 0.25) is 0 Å². The van der Waals surface area contributed by atoms with Gasteiger partial charge in [0, 0.05) is 24.2 Å². The minimum atomic E-state index is -0.0652. The maximum atomic E-state index is 12.0. The number of morpholine rings is 1. The van der Waals surface area contributed by atoms with E-state index in [2.05, 4.69) is 4.90 Å². The van der Waals surface area contributed by atoms with E-state index in [1.165, 1.54) is 0 Å². The Morgan fingerprint density at radius 3 is 3.00 bits per heavy atom. The summed E-state index contributed by atoms with van der Waals surface area (Å²) in [5.74, 6) is 0.133. The van der Waals surface area contributed by atoms with E-state index in [1.807, 2.05) is 31.2 Å². The molecule has 0 amide bonds. The summed E-state index contributed by atoms with van der Waals surface area (Å²) in [6, 6.07) is 7.53. The predicted molar refractivity (Wildman–Crippen MR) is 70.1 cm³/mol. The van der Waals surface area contributed by atoms with Crippen molar-refractivity contribution in [3.05, 3.63) is 29.8 Å². The number of rotatable bonds is 4. The average molecular weight is 249 g/mol. The second-order valence-electron chi connectivity index (χ2n) is 4.40. The molecule has 18 heavy (non-hydrogen) atoms. The van der Waals surface area contributed by atoms with Crippen LogP contribution in [0.15, 0.2) is 24.3 Å². The van der Waals surface area contributed by atoms with Crippen molar-refractivity contribution >= 4 is 11.5 Å². The highest BCUT2D eigenvalue weighted by Gasteiger charge is 2.25. The first-order chi connectivity index (χ1) is 8.77. The Balaban J connectivity index is 2.33. The Hall–Kier alpha value is -1.39. The first kappa shape index (κ1) is 13.1. The number of ether oxygens (including phenoxy) is 1. The van der Waals surface area contributed by atoms with Crippen LogP contribution in [0, 0.1) is 0 Å². The molecule has 4 nitrogen and oxygen atoms in total. The van der Waals surface area contributed by atoms with Crippen molar-refractivity contribution in [2.75, 3.05) is 31.3 Å². The van der Waals surface area contributed by atoms with Crippen molar-refractivity contribution in [1.29, 1.82) is 0 Å². The number of ketones is 1. The molecule has 0 spiro atoms. The van der Waals surface area contributed by atoms with Crippen LogP contribution in [0.4, 0.5) is 5.69 Å². The van der Waals surface area contributed by atoms with Crippen molar-refractivity contribution < 1.29 is 14.6 Å². The lowest BCUT2D eigenvalue weighted by Crippen LogP contribution is -2.48. The van der Waals surface area contributed by atoms with Crippen LogP contribution < -0.4 is 4.90 Å². The highest BCUT2D eigenvalue weighted by molar-refractivity contribution is 6.01. The van der Waals surface area contributed by atoms with E-state index in [1.54, 1.807) is 0 Å². The number of hydrogen-bond donors (Lipinski definition) is 1. The number of hydrogen-bond acceptors (Lipinski definition) is 4.